The molecule has 0 bridgehead atoms. The molecule has 1 aromatic carbocycles. The number of rotatable bonds is 12. The van der Waals surface area contributed by atoms with Crippen LogP contribution < -0.4 is 15.4 Å². The van der Waals surface area contributed by atoms with Crippen LogP contribution in [0, 0.1) is 5.41 Å². The van der Waals surface area contributed by atoms with Crippen molar-refractivity contribution in [2.75, 3.05) is 66.3 Å². The van der Waals surface area contributed by atoms with Crippen molar-refractivity contribution in [2.45, 2.75) is 39.2 Å². The van der Waals surface area contributed by atoms with Crippen LogP contribution in [0.25, 0.3) is 0 Å². The van der Waals surface area contributed by atoms with E-state index in [0.717, 1.165) is 76.2 Å². The summed E-state index contributed by atoms with van der Waals surface area (Å²) in [7, 11) is 1.78. The lowest BCUT2D eigenvalue weighted by Gasteiger charge is -2.42. The fourth-order valence-electron chi connectivity index (χ4n) is 4.17. The maximum absolute atomic E-state index is 6.11. The van der Waals surface area contributed by atoms with Gasteiger partial charge in [0, 0.05) is 52.0 Å². The van der Waals surface area contributed by atoms with Crippen LogP contribution in [0.4, 0.5) is 0 Å². The van der Waals surface area contributed by atoms with Gasteiger partial charge in [0.05, 0.1) is 19.8 Å². The predicted octanol–water partition coefficient (Wildman–Crippen LogP) is 2.66. The van der Waals surface area contributed by atoms with Crippen LogP contribution in [0.1, 0.15) is 38.2 Å². The van der Waals surface area contributed by atoms with Gasteiger partial charge >= 0.3 is 0 Å². The second kappa shape index (κ2) is 12.9. The number of morpholine rings is 1. The smallest absolute Gasteiger partial charge is 0.191 e. The van der Waals surface area contributed by atoms with E-state index in [4.69, 9.17) is 19.2 Å². The summed E-state index contributed by atoms with van der Waals surface area (Å²) >= 11 is 0. The molecule has 1 heterocycles. The summed E-state index contributed by atoms with van der Waals surface area (Å²) in [5, 5.41) is 6.96. The van der Waals surface area contributed by atoms with Crippen LogP contribution in [0.5, 0.6) is 5.75 Å². The number of hydrogen-bond donors (Lipinski definition) is 2. The molecule has 0 atom stereocenters. The van der Waals surface area contributed by atoms with E-state index >= 15 is 0 Å². The van der Waals surface area contributed by atoms with Crippen molar-refractivity contribution in [3.63, 3.8) is 0 Å². The predicted molar refractivity (Wildman–Crippen MR) is 125 cm³/mol. The van der Waals surface area contributed by atoms with Crippen molar-refractivity contribution < 1.29 is 14.2 Å². The minimum atomic E-state index is 0.354. The summed E-state index contributed by atoms with van der Waals surface area (Å²) in [6.45, 7) is 10.5. The van der Waals surface area contributed by atoms with Crippen molar-refractivity contribution in [1.82, 2.24) is 15.5 Å². The van der Waals surface area contributed by atoms with Gasteiger partial charge in [0.2, 0.25) is 0 Å². The molecular weight excluding hydrogens is 392 g/mol. The van der Waals surface area contributed by atoms with Crippen LogP contribution >= 0.6 is 0 Å². The molecule has 2 fully saturated rings. The Morgan fingerprint density at radius 3 is 2.68 bits per heavy atom. The molecule has 0 amide bonds. The summed E-state index contributed by atoms with van der Waals surface area (Å²) in [6, 6.07) is 8.22. The van der Waals surface area contributed by atoms with Gasteiger partial charge in [0.1, 0.15) is 12.4 Å². The first-order valence-corrected chi connectivity index (χ1v) is 11.8. The SMILES string of the molecule is CCNC(=NCc1ccccc1OCCN1CCOCC1)NCC1(CCOC)CCC1. The highest BCUT2D eigenvalue weighted by Crippen LogP contribution is 2.43. The van der Waals surface area contributed by atoms with Gasteiger partial charge in [-0.25, -0.2) is 4.99 Å². The Bertz CT molecular complexity index is 673. The number of para-hydroxylation sites is 1. The Morgan fingerprint density at radius 1 is 1.16 bits per heavy atom. The molecule has 1 aromatic rings. The molecule has 31 heavy (non-hydrogen) atoms. The zero-order valence-electron chi connectivity index (χ0n) is 19.3. The lowest BCUT2D eigenvalue weighted by molar-refractivity contribution is 0.0322. The van der Waals surface area contributed by atoms with Gasteiger partial charge in [-0.3, -0.25) is 4.90 Å². The molecule has 0 radical (unpaired) electrons. The first kappa shape index (κ1) is 23.8. The maximum Gasteiger partial charge on any atom is 0.191 e. The molecule has 1 saturated heterocycles. The third-order valence-electron chi connectivity index (χ3n) is 6.37. The van der Waals surface area contributed by atoms with Crippen molar-refractivity contribution in [2.24, 2.45) is 10.4 Å². The second-order valence-corrected chi connectivity index (χ2v) is 8.56. The lowest BCUT2D eigenvalue weighted by atomic mass is 9.67. The first-order valence-electron chi connectivity index (χ1n) is 11.8. The van der Waals surface area contributed by atoms with Gasteiger partial charge in [0.15, 0.2) is 5.96 Å². The summed E-state index contributed by atoms with van der Waals surface area (Å²) < 4.78 is 16.8. The summed E-state index contributed by atoms with van der Waals surface area (Å²) in [6.07, 6.45) is 4.95. The molecule has 3 rings (SSSR count). The van der Waals surface area contributed by atoms with E-state index in [1.807, 2.05) is 18.2 Å². The molecule has 1 aliphatic carbocycles. The Labute approximate surface area is 187 Å². The third kappa shape index (κ3) is 7.66. The molecule has 174 valence electrons. The molecule has 1 saturated carbocycles. The Hall–Kier alpha value is -1.83. The van der Waals surface area contributed by atoms with E-state index in [1.165, 1.54) is 19.3 Å². The largest absolute Gasteiger partial charge is 0.492 e. The van der Waals surface area contributed by atoms with Gasteiger partial charge < -0.3 is 24.8 Å². The van der Waals surface area contributed by atoms with Crippen molar-refractivity contribution in [3.05, 3.63) is 29.8 Å². The van der Waals surface area contributed by atoms with Crippen LogP contribution in [0.3, 0.4) is 0 Å². The molecule has 0 aromatic heterocycles. The minimum Gasteiger partial charge on any atom is -0.492 e. The van der Waals surface area contributed by atoms with Gasteiger partial charge in [-0.1, -0.05) is 24.6 Å². The summed E-state index contributed by atoms with van der Waals surface area (Å²) in [4.78, 5) is 7.23. The number of benzene rings is 1. The second-order valence-electron chi connectivity index (χ2n) is 8.56. The zero-order valence-corrected chi connectivity index (χ0v) is 19.3. The van der Waals surface area contributed by atoms with Gasteiger partial charge in [-0.15, -0.1) is 0 Å². The number of hydrogen-bond acceptors (Lipinski definition) is 5. The highest BCUT2D eigenvalue weighted by Gasteiger charge is 2.36. The van der Waals surface area contributed by atoms with Crippen LogP contribution in [-0.2, 0) is 16.0 Å². The van der Waals surface area contributed by atoms with Gasteiger partial charge in [-0.05, 0) is 37.7 Å². The number of nitrogens with one attached hydrogen (secondary N) is 2. The summed E-state index contributed by atoms with van der Waals surface area (Å²) in [5.74, 6) is 1.79. The Kier molecular flexibility index (Phi) is 9.90. The van der Waals surface area contributed by atoms with Crippen LogP contribution in [-0.4, -0.2) is 77.1 Å². The average Bonchev–Trinajstić information content (AvgIpc) is 2.78. The maximum atomic E-state index is 6.11. The standard InChI is InChI=1S/C24H40N4O3/c1-3-25-23(27-20-24(9-6-10-24)11-15-29-2)26-19-21-7-4-5-8-22(21)31-18-14-28-12-16-30-17-13-28/h4-5,7-8H,3,6,9-20H2,1-2H3,(H2,25,26,27). The first-order chi connectivity index (χ1) is 15.2. The molecule has 7 nitrogen and oxygen atoms in total. The lowest BCUT2D eigenvalue weighted by Crippen LogP contribution is -2.47. The highest BCUT2D eigenvalue weighted by molar-refractivity contribution is 5.79. The fraction of sp³-hybridized carbons (Fsp3) is 0.708. The monoisotopic (exact) mass is 432 g/mol. The van der Waals surface area contributed by atoms with Crippen molar-refractivity contribution in [3.8, 4) is 5.75 Å². The summed E-state index contributed by atoms with van der Waals surface area (Å²) in [5.41, 5.74) is 1.46. The number of aliphatic imine (C=N–C) groups is 1. The molecule has 0 unspecified atom stereocenters. The Morgan fingerprint density at radius 2 is 1.97 bits per heavy atom. The number of guanidine groups is 1. The zero-order chi connectivity index (χ0) is 21.8. The van der Waals surface area contributed by atoms with Crippen LogP contribution in [0.2, 0.25) is 0 Å². The van der Waals surface area contributed by atoms with E-state index in [-0.39, 0.29) is 0 Å². The van der Waals surface area contributed by atoms with Gasteiger partial charge in [0.25, 0.3) is 0 Å². The Balaban J connectivity index is 1.52. The minimum absolute atomic E-state index is 0.354. The topological polar surface area (TPSA) is 67.4 Å². The average molecular weight is 433 g/mol. The fourth-order valence-corrected chi connectivity index (χ4v) is 4.17. The van der Waals surface area contributed by atoms with Crippen molar-refractivity contribution >= 4 is 5.96 Å². The van der Waals surface area contributed by atoms with Crippen LogP contribution in [0.15, 0.2) is 29.3 Å². The van der Waals surface area contributed by atoms with E-state index in [1.54, 1.807) is 7.11 Å². The number of ether oxygens (including phenoxy) is 3. The quantitative estimate of drug-likeness (QED) is 0.391. The molecule has 0 spiro atoms. The normalized spacial score (nSPS) is 19.0. The molecule has 1 aliphatic heterocycles. The van der Waals surface area contributed by atoms with E-state index in [2.05, 4.69) is 28.5 Å². The highest BCUT2D eigenvalue weighted by atomic mass is 16.5. The number of methoxy groups -OCH3 is 1. The van der Waals surface area contributed by atoms with E-state index in [0.29, 0.717) is 18.6 Å². The van der Waals surface area contributed by atoms with E-state index in [9.17, 15) is 0 Å². The molecule has 2 N–H and O–H groups in total. The van der Waals surface area contributed by atoms with Crippen molar-refractivity contribution in [1.29, 1.82) is 0 Å². The van der Waals surface area contributed by atoms with Gasteiger partial charge in [-0.2, -0.15) is 0 Å². The molecular formula is C24H40N4O3. The van der Waals surface area contributed by atoms with E-state index < -0.39 is 0 Å². The number of nitrogens with zero attached hydrogens (tertiary/aromatic N) is 2. The third-order valence-corrected chi connectivity index (χ3v) is 6.37. The molecule has 2 aliphatic rings. The molecule has 7 heteroatoms.